The Morgan fingerprint density at radius 2 is 1.83 bits per heavy atom. The molecule has 1 aromatic heterocycles. The van der Waals surface area contributed by atoms with Crippen LogP contribution < -0.4 is 10.5 Å². The second-order valence-electron chi connectivity index (χ2n) is 6.86. The van der Waals surface area contributed by atoms with Crippen LogP contribution in [0.15, 0.2) is 48.7 Å². The third-order valence-electron chi connectivity index (χ3n) is 4.98. The molecule has 0 bridgehead atoms. The Hall–Kier alpha value is -3.65. The standard InChI is InChI=1S/C22H22N4O4/c1-29-19-12-16(6-7-18(19)27)20-21(23)24-13-17(25-20)14-2-4-15(5-3-14)22(28)26-8-10-30-11-9-26/h2-7,12-13,27H,8-11H2,1H3,(H2,23,24). The van der Waals surface area contributed by atoms with Crippen LogP contribution in [0.1, 0.15) is 10.4 Å². The summed E-state index contributed by atoms with van der Waals surface area (Å²) in [4.78, 5) is 23.3. The molecule has 0 atom stereocenters. The van der Waals surface area contributed by atoms with Crippen LogP contribution in [0, 0.1) is 0 Å². The monoisotopic (exact) mass is 406 g/mol. The molecule has 30 heavy (non-hydrogen) atoms. The van der Waals surface area contributed by atoms with Crippen LogP contribution in [0.2, 0.25) is 0 Å². The molecule has 0 radical (unpaired) electrons. The lowest BCUT2D eigenvalue weighted by atomic mass is 10.1. The second kappa shape index (κ2) is 8.38. The van der Waals surface area contributed by atoms with Crippen molar-refractivity contribution in [2.24, 2.45) is 0 Å². The Balaban J connectivity index is 1.62. The molecule has 8 heteroatoms. The van der Waals surface area contributed by atoms with Gasteiger partial charge in [0.25, 0.3) is 5.91 Å². The van der Waals surface area contributed by atoms with Gasteiger partial charge in [0.15, 0.2) is 11.5 Å². The number of nitrogens with zero attached hydrogens (tertiary/aromatic N) is 3. The van der Waals surface area contributed by atoms with Crippen molar-refractivity contribution in [2.45, 2.75) is 0 Å². The number of carbonyl (C=O) groups excluding carboxylic acids is 1. The number of carbonyl (C=O) groups is 1. The largest absolute Gasteiger partial charge is 0.504 e. The SMILES string of the molecule is COc1cc(-c2nc(-c3ccc(C(=O)N4CCOCC4)cc3)cnc2N)ccc1O. The summed E-state index contributed by atoms with van der Waals surface area (Å²) in [7, 11) is 1.48. The highest BCUT2D eigenvalue weighted by molar-refractivity contribution is 5.94. The van der Waals surface area contributed by atoms with Crippen LogP contribution in [0.4, 0.5) is 5.82 Å². The minimum atomic E-state index is -0.00915. The minimum Gasteiger partial charge on any atom is -0.504 e. The van der Waals surface area contributed by atoms with Gasteiger partial charge in [0.1, 0.15) is 11.5 Å². The van der Waals surface area contributed by atoms with E-state index in [1.807, 2.05) is 12.1 Å². The molecule has 0 unspecified atom stereocenters. The molecule has 1 fully saturated rings. The van der Waals surface area contributed by atoms with Crippen molar-refractivity contribution in [3.63, 3.8) is 0 Å². The zero-order valence-corrected chi connectivity index (χ0v) is 16.5. The summed E-state index contributed by atoms with van der Waals surface area (Å²) in [6.45, 7) is 2.33. The summed E-state index contributed by atoms with van der Waals surface area (Å²) in [5.41, 5.74) is 9.25. The van der Waals surface area contributed by atoms with E-state index in [9.17, 15) is 9.90 Å². The number of aromatic hydroxyl groups is 1. The zero-order valence-electron chi connectivity index (χ0n) is 16.5. The zero-order chi connectivity index (χ0) is 21.1. The highest BCUT2D eigenvalue weighted by atomic mass is 16.5. The van der Waals surface area contributed by atoms with Crippen LogP contribution >= 0.6 is 0 Å². The molecular formula is C22H22N4O4. The molecule has 3 aromatic rings. The normalized spacial score (nSPS) is 13.8. The number of amides is 1. The van der Waals surface area contributed by atoms with Gasteiger partial charge in [0.05, 0.1) is 32.2 Å². The summed E-state index contributed by atoms with van der Waals surface area (Å²) in [5.74, 6) is 0.616. The summed E-state index contributed by atoms with van der Waals surface area (Å²) in [6, 6.07) is 12.1. The summed E-state index contributed by atoms with van der Waals surface area (Å²) < 4.78 is 10.5. The maximum atomic E-state index is 12.6. The van der Waals surface area contributed by atoms with E-state index in [1.165, 1.54) is 13.2 Å². The molecule has 1 aliphatic heterocycles. The van der Waals surface area contributed by atoms with Crippen molar-refractivity contribution >= 4 is 11.7 Å². The molecule has 4 rings (SSSR count). The van der Waals surface area contributed by atoms with E-state index in [1.54, 1.807) is 35.4 Å². The molecule has 3 N–H and O–H groups in total. The van der Waals surface area contributed by atoms with Gasteiger partial charge < -0.3 is 25.2 Å². The van der Waals surface area contributed by atoms with Gasteiger partial charge in [-0.2, -0.15) is 0 Å². The average Bonchev–Trinajstić information content (AvgIpc) is 2.80. The third kappa shape index (κ3) is 3.90. The summed E-state index contributed by atoms with van der Waals surface area (Å²) in [5, 5.41) is 9.82. The lowest BCUT2D eigenvalue weighted by molar-refractivity contribution is 0.0303. The fourth-order valence-corrected chi connectivity index (χ4v) is 3.31. The van der Waals surface area contributed by atoms with Gasteiger partial charge >= 0.3 is 0 Å². The number of methoxy groups -OCH3 is 1. The molecule has 1 amide bonds. The van der Waals surface area contributed by atoms with Crippen molar-refractivity contribution < 1.29 is 19.4 Å². The number of nitrogens with two attached hydrogens (primary N) is 1. The number of benzene rings is 2. The third-order valence-corrected chi connectivity index (χ3v) is 4.98. The first kappa shape index (κ1) is 19.7. The van der Waals surface area contributed by atoms with Gasteiger partial charge in [0, 0.05) is 29.8 Å². The van der Waals surface area contributed by atoms with E-state index in [0.29, 0.717) is 54.6 Å². The second-order valence-corrected chi connectivity index (χ2v) is 6.86. The van der Waals surface area contributed by atoms with E-state index in [4.69, 9.17) is 15.2 Å². The molecular weight excluding hydrogens is 384 g/mol. The first-order valence-electron chi connectivity index (χ1n) is 9.54. The van der Waals surface area contributed by atoms with Crippen LogP contribution in [0.5, 0.6) is 11.5 Å². The van der Waals surface area contributed by atoms with E-state index < -0.39 is 0 Å². The number of morpholine rings is 1. The van der Waals surface area contributed by atoms with Gasteiger partial charge in [-0.3, -0.25) is 4.79 Å². The van der Waals surface area contributed by atoms with Gasteiger partial charge in [-0.1, -0.05) is 12.1 Å². The maximum Gasteiger partial charge on any atom is 0.254 e. The van der Waals surface area contributed by atoms with Gasteiger partial charge in [-0.05, 0) is 30.3 Å². The fraction of sp³-hybridized carbons (Fsp3) is 0.227. The number of ether oxygens (including phenoxy) is 2. The Morgan fingerprint density at radius 1 is 1.13 bits per heavy atom. The van der Waals surface area contributed by atoms with Gasteiger partial charge in [-0.25, -0.2) is 9.97 Å². The van der Waals surface area contributed by atoms with Crippen molar-refractivity contribution in [3.8, 4) is 34.0 Å². The number of rotatable bonds is 4. The quantitative estimate of drug-likeness (QED) is 0.685. The number of phenols is 1. The summed E-state index contributed by atoms with van der Waals surface area (Å²) in [6.07, 6.45) is 1.59. The number of hydrogen-bond acceptors (Lipinski definition) is 7. The molecule has 0 spiro atoms. The van der Waals surface area contributed by atoms with E-state index in [-0.39, 0.29) is 17.5 Å². The Kier molecular flexibility index (Phi) is 5.49. The van der Waals surface area contributed by atoms with Crippen LogP contribution in [-0.4, -0.2) is 59.3 Å². The molecule has 1 saturated heterocycles. The molecule has 0 saturated carbocycles. The smallest absolute Gasteiger partial charge is 0.254 e. The lowest BCUT2D eigenvalue weighted by Crippen LogP contribution is -2.40. The van der Waals surface area contributed by atoms with Crippen molar-refractivity contribution in [3.05, 3.63) is 54.2 Å². The molecule has 0 aliphatic carbocycles. The van der Waals surface area contributed by atoms with Gasteiger partial charge in [0.2, 0.25) is 0 Å². The molecule has 8 nitrogen and oxygen atoms in total. The first-order chi connectivity index (χ1) is 14.6. The number of hydrogen-bond donors (Lipinski definition) is 2. The van der Waals surface area contributed by atoms with Crippen LogP contribution in [0.25, 0.3) is 22.5 Å². The van der Waals surface area contributed by atoms with Crippen molar-refractivity contribution in [1.82, 2.24) is 14.9 Å². The van der Waals surface area contributed by atoms with Crippen LogP contribution in [-0.2, 0) is 4.74 Å². The predicted molar refractivity (Wildman–Crippen MR) is 112 cm³/mol. The van der Waals surface area contributed by atoms with Crippen molar-refractivity contribution in [1.29, 1.82) is 0 Å². The van der Waals surface area contributed by atoms with Crippen molar-refractivity contribution in [2.75, 3.05) is 39.1 Å². The van der Waals surface area contributed by atoms with E-state index >= 15 is 0 Å². The molecule has 1 aliphatic rings. The molecule has 2 aromatic carbocycles. The maximum absolute atomic E-state index is 12.6. The number of phenolic OH excluding ortho intramolecular Hbond substituents is 1. The average molecular weight is 406 g/mol. The van der Waals surface area contributed by atoms with E-state index in [2.05, 4.69) is 9.97 Å². The molecule has 2 heterocycles. The highest BCUT2D eigenvalue weighted by Gasteiger charge is 2.18. The number of aromatic nitrogens is 2. The van der Waals surface area contributed by atoms with Crippen LogP contribution in [0.3, 0.4) is 0 Å². The minimum absolute atomic E-state index is 0.00915. The fourth-order valence-electron chi connectivity index (χ4n) is 3.31. The molecule has 154 valence electrons. The lowest BCUT2D eigenvalue weighted by Gasteiger charge is -2.26. The Bertz CT molecular complexity index is 1060. The predicted octanol–water partition coefficient (Wildman–Crippen LogP) is 2.58. The Morgan fingerprint density at radius 3 is 2.53 bits per heavy atom. The number of anilines is 1. The van der Waals surface area contributed by atoms with E-state index in [0.717, 1.165) is 5.56 Å². The number of nitrogen functional groups attached to an aromatic ring is 1. The summed E-state index contributed by atoms with van der Waals surface area (Å²) >= 11 is 0. The Labute approximate surface area is 173 Å². The topological polar surface area (TPSA) is 111 Å². The van der Waals surface area contributed by atoms with Gasteiger partial charge in [-0.15, -0.1) is 0 Å². The highest BCUT2D eigenvalue weighted by Crippen LogP contribution is 2.33. The first-order valence-corrected chi connectivity index (χ1v) is 9.54.